The first-order valence-corrected chi connectivity index (χ1v) is 5.28. The van der Waals surface area contributed by atoms with Gasteiger partial charge in [-0.2, -0.15) is 0 Å². The minimum atomic E-state index is -0.915. The quantitative estimate of drug-likeness (QED) is 0.575. The molecule has 0 heterocycles. The van der Waals surface area contributed by atoms with Crippen LogP contribution in [-0.4, -0.2) is 34.5 Å². The molecule has 0 aromatic rings. The summed E-state index contributed by atoms with van der Waals surface area (Å²) in [6, 6.07) is 0. The summed E-state index contributed by atoms with van der Waals surface area (Å²) in [5.74, 6) is -1.55. The third kappa shape index (κ3) is 6.37. The molecular weight excluding hydrogens is 208 g/mol. The number of carboxylic acids is 1. The normalized spacial score (nSPS) is 13.4. The van der Waals surface area contributed by atoms with Crippen molar-refractivity contribution in [3.8, 4) is 0 Å². The summed E-state index contributed by atoms with van der Waals surface area (Å²) in [7, 11) is 0. The van der Waals surface area contributed by atoms with Crippen LogP contribution in [0.4, 0.5) is 0 Å². The largest absolute Gasteiger partial charge is 0.481 e. The molecule has 0 unspecified atom stereocenters. The predicted molar refractivity (Wildman–Crippen MR) is 62.0 cm³/mol. The Morgan fingerprint density at radius 2 is 1.94 bits per heavy atom. The fourth-order valence-electron chi connectivity index (χ4n) is 1.25. The SMILES string of the molecule is CC(C)=CC[C@@H](/C=C(/CO)CCO)C(=O)O. The van der Waals surface area contributed by atoms with Crippen LogP contribution in [0.3, 0.4) is 0 Å². The topological polar surface area (TPSA) is 77.8 Å². The molecule has 0 fully saturated rings. The molecular formula is C12H20O4. The number of hydrogen-bond acceptors (Lipinski definition) is 3. The molecule has 3 N–H and O–H groups in total. The van der Waals surface area contributed by atoms with Gasteiger partial charge in [-0.1, -0.05) is 17.7 Å². The maximum Gasteiger partial charge on any atom is 0.310 e. The smallest absolute Gasteiger partial charge is 0.310 e. The second-order valence-corrected chi connectivity index (χ2v) is 3.92. The maximum absolute atomic E-state index is 10.9. The number of carbonyl (C=O) groups is 1. The molecule has 0 spiro atoms. The fraction of sp³-hybridized carbons (Fsp3) is 0.583. The highest BCUT2D eigenvalue weighted by Gasteiger charge is 2.13. The molecule has 4 heteroatoms. The Kier molecular flexibility index (Phi) is 7.50. The van der Waals surface area contributed by atoms with Gasteiger partial charge in [0.05, 0.1) is 12.5 Å². The molecule has 1 atom stereocenters. The van der Waals surface area contributed by atoms with Gasteiger partial charge < -0.3 is 15.3 Å². The van der Waals surface area contributed by atoms with Crippen molar-refractivity contribution >= 4 is 5.97 Å². The lowest BCUT2D eigenvalue weighted by Gasteiger charge is -2.08. The minimum absolute atomic E-state index is 0.0820. The predicted octanol–water partition coefficient (Wildman–Crippen LogP) is 1.34. The van der Waals surface area contributed by atoms with Gasteiger partial charge in [0.2, 0.25) is 0 Å². The Morgan fingerprint density at radius 1 is 1.31 bits per heavy atom. The van der Waals surface area contributed by atoms with Crippen LogP contribution in [0, 0.1) is 5.92 Å². The van der Waals surface area contributed by atoms with Gasteiger partial charge in [-0.05, 0) is 32.3 Å². The molecule has 0 rings (SSSR count). The summed E-state index contributed by atoms with van der Waals surface area (Å²) < 4.78 is 0. The van der Waals surface area contributed by atoms with Crippen molar-refractivity contribution in [2.75, 3.05) is 13.2 Å². The van der Waals surface area contributed by atoms with E-state index < -0.39 is 11.9 Å². The van der Waals surface area contributed by atoms with E-state index in [0.29, 0.717) is 18.4 Å². The van der Waals surface area contributed by atoms with Gasteiger partial charge in [0.15, 0.2) is 0 Å². The van der Waals surface area contributed by atoms with Crippen molar-refractivity contribution in [1.29, 1.82) is 0 Å². The summed E-state index contributed by atoms with van der Waals surface area (Å²) in [5.41, 5.74) is 1.63. The first-order valence-electron chi connectivity index (χ1n) is 5.28. The fourth-order valence-corrected chi connectivity index (χ4v) is 1.25. The Morgan fingerprint density at radius 3 is 2.31 bits per heavy atom. The highest BCUT2D eigenvalue weighted by Crippen LogP contribution is 2.13. The number of allylic oxidation sites excluding steroid dienone is 2. The van der Waals surface area contributed by atoms with Gasteiger partial charge in [0.1, 0.15) is 0 Å². The van der Waals surface area contributed by atoms with E-state index in [1.807, 2.05) is 19.9 Å². The molecule has 92 valence electrons. The number of hydrogen-bond donors (Lipinski definition) is 3. The zero-order valence-corrected chi connectivity index (χ0v) is 9.81. The van der Waals surface area contributed by atoms with Crippen molar-refractivity contribution < 1.29 is 20.1 Å². The van der Waals surface area contributed by atoms with Gasteiger partial charge in [-0.3, -0.25) is 4.79 Å². The van der Waals surface area contributed by atoms with Crippen molar-refractivity contribution in [3.63, 3.8) is 0 Å². The molecule has 0 aromatic carbocycles. The molecule has 0 aromatic heterocycles. The summed E-state index contributed by atoms with van der Waals surface area (Å²) in [5, 5.41) is 26.7. The second kappa shape index (κ2) is 8.07. The van der Waals surface area contributed by atoms with Crippen LogP contribution < -0.4 is 0 Å². The zero-order valence-electron chi connectivity index (χ0n) is 9.81. The third-order valence-electron chi connectivity index (χ3n) is 2.17. The molecule has 0 bridgehead atoms. The monoisotopic (exact) mass is 228 g/mol. The lowest BCUT2D eigenvalue weighted by Crippen LogP contribution is -2.12. The van der Waals surface area contributed by atoms with E-state index in [0.717, 1.165) is 5.57 Å². The Bertz CT molecular complexity index is 275. The Labute approximate surface area is 95.9 Å². The third-order valence-corrected chi connectivity index (χ3v) is 2.17. The molecule has 4 nitrogen and oxygen atoms in total. The van der Waals surface area contributed by atoms with Crippen LogP contribution in [0.2, 0.25) is 0 Å². The van der Waals surface area contributed by atoms with Crippen LogP contribution in [-0.2, 0) is 4.79 Å². The van der Waals surface area contributed by atoms with Crippen LogP contribution in [0.1, 0.15) is 26.7 Å². The highest BCUT2D eigenvalue weighted by molar-refractivity contribution is 5.72. The number of rotatable bonds is 7. The molecule has 0 saturated carbocycles. The van der Waals surface area contributed by atoms with Gasteiger partial charge in [-0.25, -0.2) is 0 Å². The number of aliphatic carboxylic acids is 1. The zero-order chi connectivity index (χ0) is 12.6. The summed E-state index contributed by atoms with van der Waals surface area (Å²) in [6.45, 7) is 3.52. The van der Waals surface area contributed by atoms with E-state index in [1.54, 1.807) is 0 Å². The van der Waals surface area contributed by atoms with Gasteiger partial charge in [-0.15, -0.1) is 0 Å². The van der Waals surface area contributed by atoms with E-state index in [9.17, 15) is 4.79 Å². The first kappa shape index (κ1) is 14.9. The second-order valence-electron chi connectivity index (χ2n) is 3.92. The van der Waals surface area contributed by atoms with Gasteiger partial charge in [0, 0.05) is 6.61 Å². The molecule has 0 aliphatic rings. The van der Waals surface area contributed by atoms with E-state index in [2.05, 4.69) is 0 Å². The van der Waals surface area contributed by atoms with Crippen LogP contribution in [0.15, 0.2) is 23.3 Å². The first-order chi connectivity index (χ1) is 7.51. The van der Waals surface area contributed by atoms with Crippen molar-refractivity contribution in [2.45, 2.75) is 26.7 Å². The molecule has 0 saturated heterocycles. The molecule has 0 radical (unpaired) electrons. The van der Waals surface area contributed by atoms with E-state index in [-0.39, 0.29) is 13.2 Å². The average molecular weight is 228 g/mol. The Hall–Kier alpha value is -1.13. The number of aliphatic hydroxyl groups is 2. The van der Waals surface area contributed by atoms with Crippen LogP contribution in [0.5, 0.6) is 0 Å². The standard InChI is InChI=1S/C12H20O4/c1-9(2)3-4-11(12(15)16)7-10(8-14)5-6-13/h3,7,11,13-14H,4-6,8H2,1-2H3,(H,15,16)/b10-7+/t11-/m0/s1. The van der Waals surface area contributed by atoms with Crippen molar-refractivity contribution in [2.24, 2.45) is 5.92 Å². The van der Waals surface area contributed by atoms with Crippen molar-refractivity contribution in [1.82, 2.24) is 0 Å². The molecule has 0 amide bonds. The molecule has 0 aliphatic heterocycles. The van der Waals surface area contributed by atoms with E-state index >= 15 is 0 Å². The average Bonchev–Trinajstić information content (AvgIpc) is 2.21. The summed E-state index contributed by atoms with van der Waals surface area (Å²) in [6.07, 6.45) is 4.10. The maximum atomic E-state index is 10.9. The van der Waals surface area contributed by atoms with E-state index in [1.165, 1.54) is 6.08 Å². The number of aliphatic hydroxyl groups excluding tert-OH is 2. The summed E-state index contributed by atoms with van der Waals surface area (Å²) >= 11 is 0. The summed E-state index contributed by atoms with van der Waals surface area (Å²) in [4.78, 5) is 10.9. The lowest BCUT2D eigenvalue weighted by atomic mass is 9.99. The van der Waals surface area contributed by atoms with Crippen molar-refractivity contribution in [3.05, 3.63) is 23.3 Å². The highest BCUT2D eigenvalue weighted by atomic mass is 16.4. The van der Waals surface area contributed by atoms with Gasteiger partial charge >= 0.3 is 5.97 Å². The van der Waals surface area contributed by atoms with Crippen LogP contribution in [0.25, 0.3) is 0 Å². The van der Waals surface area contributed by atoms with Gasteiger partial charge in [0.25, 0.3) is 0 Å². The molecule has 0 aliphatic carbocycles. The lowest BCUT2D eigenvalue weighted by molar-refractivity contribution is -0.139. The minimum Gasteiger partial charge on any atom is -0.481 e. The van der Waals surface area contributed by atoms with Crippen LogP contribution >= 0.6 is 0 Å². The van der Waals surface area contributed by atoms with E-state index in [4.69, 9.17) is 15.3 Å². The number of carboxylic acid groups (broad SMARTS) is 1. The Balaban J connectivity index is 4.64. The molecule has 16 heavy (non-hydrogen) atoms.